The first-order valence-corrected chi connectivity index (χ1v) is 5.72. The Labute approximate surface area is 80.8 Å². The van der Waals surface area contributed by atoms with Crippen molar-refractivity contribution in [2.45, 2.75) is 57.1 Å². The van der Waals surface area contributed by atoms with Gasteiger partial charge in [-0.3, -0.25) is 0 Å². The molecule has 76 valence electrons. The molecule has 0 spiro atoms. The molecule has 2 nitrogen and oxygen atoms in total. The van der Waals surface area contributed by atoms with Gasteiger partial charge in [-0.15, -0.1) is 0 Å². The zero-order chi connectivity index (χ0) is 9.10. The second-order valence-corrected chi connectivity index (χ2v) is 4.65. The first kappa shape index (κ1) is 9.47. The predicted molar refractivity (Wildman–Crippen MR) is 53.5 cm³/mol. The van der Waals surface area contributed by atoms with Crippen molar-refractivity contribution in [1.29, 1.82) is 0 Å². The Kier molecular flexibility index (Phi) is 3.23. The summed E-state index contributed by atoms with van der Waals surface area (Å²) >= 11 is 0. The van der Waals surface area contributed by atoms with Crippen LogP contribution in [0.1, 0.15) is 44.9 Å². The van der Waals surface area contributed by atoms with E-state index in [1.165, 1.54) is 44.9 Å². The second kappa shape index (κ2) is 4.43. The Balaban J connectivity index is 1.69. The number of ether oxygens (including phenoxy) is 1. The Hall–Kier alpha value is -0.0800. The van der Waals surface area contributed by atoms with Crippen LogP contribution in [0.4, 0.5) is 0 Å². The van der Waals surface area contributed by atoms with Crippen molar-refractivity contribution in [2.75, 3.05) is 6.61 Å². The third-order valence-corrected chi connectivity index (χ3v) is 3.51. The van der Waals surface area contributed by atoms with E-state index < -0.39 is 0 Å². The first-order chi connectivity index (χ1) is 6.34. The maximum atomic E-state index is 5.87. The van der Waals surface area contributed by atoms with Crippen molar-refractivity contribution in [3.63, 3.8) is 0 Å². The summed E-state index contributed by atoms with van der Waals surface area (Å²) in [7, 11) is 0. The van der Waals surface area contributed by atoms with E-state index >= 15 is 0 Å². The van der Waals surface area contributed by atoms with Gasteiger partial charge in [0.15, 0.2) is 0 Å². The SMILES string of the molecule is NC1CCC(CC2CCCO2)CC1. The predicted octanol–water partition coefficient (Wildman–Crippen LogP) is 2.07. The smallest absolute Gasteiger partial charge is 0.0578 e. The highest BCUT2D eigenvalue weighted by Gasteiger charge is 2.24. The lowest BCUT2D eigenvalue weighted by atomic mass is 9.83. The van der Waals surface area contributed by atoms with Crippen LogP contribution in [0.25, 0.3) is 0 Å². The molecule has 2 fully saturated rings. The molecule has 2 heteroatoms. The number of hydrogen-bond donors (Lipinski definition) is 1. The normalized spacial score (nSPS) is 40.8. The Bertz CT molecular complexity index is 146. The maximum Gasteiger partial charge on any atom is 0.0578 e. The standard InChI is InChI=1S/C11H21NO/c12-10-5-3-9(4-6-10)8-11-2-1-7-13-11/h9-11H,1-8,12H2. The van der Waals surface area contributed by atoms with Crippen LogP contribution < -0.4 is 5.73 Å². The highest BCUT2D eigenvalue weighted by molar-refractivity contribution is 4.77. The van der Waals surface area contributed by atoms with Crippen LogP contribution in [0.5, 0.6) is 0 Å². The zero-order valence-corrected chi connectivity index (χ0v) is 8.37. The van der Waals surface area contributed by atoms with E-state index in [0.717, 1.165) is 12.5 Å². The van der Waals surface area contributed by atoms with Crippen molar-refractivity contribution in [3.8, 4) is 0 Å². The lowest BCUT2D eigenvalue weighted by Crippen LogP contribution is -2.28. The highest BCUT2D eigenvalue weighted by atomic mass is 16.5. The number of hydrogen-bond acceptors (Lipinski definition) is 2. The third-order valence-electron chi connectivity index (χ3n) is 3.51. The van der Waals surface area contributed by atoms with E-state index in [1.54, 1.807) is 0 Å². The van der Waals surface area contributed by atoms with E-state index in [4.69, 9.17) is 10.5 Å². The molecule has 1 saturated heterocycles. The molecule has 0 aromatic rings. The minimum atomic E-state index is 0.487. The van der Waals surface area contributed by atoms with Crippen LogP contribution in [0.2, 0.25) is 0 Å². The summed E-state index contributed by atoms with van der Waals surface area (Å²) in [5, 5.41) is 0. The topological polar surface area (TPSA) is 35.2 Å². The summed E-state index contributed by atoms with van der Waals surface area (Å²) in [4.78, 5) is 0. The van der Waals surface area contributed by atoms with E-state index in [-0.39, 0.29) is 0 Å². The van der Waals surface area contributed by atoms with Crippen LogP contribution in [-0.2, 0) is 4.74 Å². The van der Waals surface area contributed by atoms with Gasteiger partial charge < -0.3 is 10.5 Å². The third kappa shape index (κ3) is 2.68. The molecule has 1 aliphatic carbocycles. The average molecular weight is 183 g/mol. The van der Waals surface area contributed by atoms with Gasteiger partial charge in [-0.05, 0) is 50.9 Å². The summed E-state index contributed by atoms with van der Waals surface area (Å²) in [6.07, 6.45) is 9.59. The minimum Gasteiger partial charge on any atom is -0.378 e. The van der Waals surface area contributed by atoms with E-state index in [0.29, 0.717) is 12.1 Å². The zero-order valence-electron chi connectivity index (χ0n) is 8.37. The van der Waals surface area contributed by atoms with Crippen LogP contribution >= 0.6 is 0 Å². The Morgan fingerprint density at radius 1 is 1.08 bits per heavy atom. The van der Waals surface area contributed by atoms with Crippen LogP contribution in [-0.4, -0.2) is 18.8 Å². The molecule has 0 aromatic heterocycles. The second-order valence-electron chi connectivity index (χ2n) is 4.65. The molecular formula is C11H21NO. The lowest BCUT2D eigenvalue weighted by molar-refractivity contribution is 0.0820. The molecule has 2 aliphatic rings. The Morgan fingerprint density at radius 2 is 1.85 bits per heavy atom. The molecule has 0 bridgehead atoms. The van der Waals surface area contributed by atoms with Gasteiger partial charge in [0.25, 0.3) is 0 Å². The van der Waals surface area contributed by atoms with Gasteiger partial charge in [-0.25, -0.2) is 0 Å². The molecule has 1 unspecified atom stereocenters. The summed E-state index contributed by atoms with van der Waals surface area (Å²) in [5.41, 5.74) is 5.87. The van der Waals surface area contributed by atoms with E-state index in [9.17, 15) is 0 Å². The molecule has 1 heterocycles. The van der Waals surface area contributed by atoms with Crippen LogP contribution in [0, 0.1) is 5.92 Å². The van der Waals surface area contributed by atoms with Crippen molar-refractivity contribution in [1.82, 2.24) is 0 Å². The quantitative estimate of drug-likeness (QED) is 0.711. The lowest BCUT2D eigenvalue weighted by Gasteiger charge is -2.27. The minimum absolute atomic E-state index is 0.487. The van der Waals surface area contributed by atoms with E-state index in [1.807, 2.05) is 0 Å². The van der Waals surface area contributed by atoms with Crippen molar-refractivity contribution in [2.24, 2.45) is 11.7 Å². The first-order valence-electron chi connectivity index (χ1n) is 5.72. The molecule has 1 aliphatic heterocycles. The Morgan fingerprint density at radius 3 is 2.46 bits per heavy atom. The highest BCUT2D eigenvalue weighted by Crippen LogP contribution is 2.30. The van der Waals surface area contributed by atoms with Gasteiger partial charge in [-0.2, -0.15) is 0 Å². The molecular weight excluding hydrogens is 162 g/mol. The number of rotatable bonds is 2. The van der Waals surface area contributed by atoms with Gasteiger partial charge in [0.2, 0.25) is 0 Å². The molecule has 13 heavy (non-hydrogen) atoms. The summed E-state index contributed by atoms with van der Waals surface area (Å²) in [6.45, 7) is 0.997. The van der Waals surface area contributed by atoms with Gasteiger partial charge in [-0.1, -0.05) is 0 Å². The van der Waals surface area contributed by atoms with Crippen molar-refractivity contribution < 1.29 is 4.74 Å². The number of nitrogens with two attached hydrogens (primary N) is 1. The molecule has 0 radical (unpaired) electrons. The molecule has 1 saturated carbocycles. The van der Waals surface area contributed by atoms with Crippen molar-refractivity contribution >= 4 is 0 Å². The summed E-state index contributed by atoms with van der Waals surface area (Å²) in [6, 6.07) is 0.487. The summed E-state index contributed by atoms with van der Waals surface area (Å²) in [5.74, 6) is 0.905. The van der Waals surface area contributed by atoms with Gasteiger partial charge in [0, 0.05) is 12.6 Å². The maximum absolute atomic E-state index is 5.87. The van der Waals surface area contributed by atoms with Gasteiger partial charge in [0.1, 0.15) is 0 Å². The molecule has 2 rings (SSSR count). The summed E-state index contributed by atoms with van der Waals surface area (Å²) < 4.78 is 5.65. The fourth-order valence-corrected chi connectivity index (χ4v) is 2.63. The van der Waals surface area contributed by atoms with Gasteiger partial charge >= 0.3 is 0 Å². The molecule has 2 N–H and O–H groups in total. The monoisotopic (exact) mass is 183 g/mol. The molecule has 1 atom stereocenters. The molecule has 0 amide bonds. The largest absolute Gasteiger partial charge is 0.378 e. The average Bonchev–Trinajstić information content (AvgIpc) is 2.62. The van der Waals surface area contributed by atoms with Crippen LogP contribution in [0.3, 0.4) is 0 Å². The fraction of sp³-hybridized carbons (Fsp3) is 1.00. The van der Waals surface area contributed by atoms with Crippen LogP contribution in [0.15, 0.2) is 0 Å². The van der Waals surface area contributed by atoms with E-state index in [2.05, 4.69) is 0 Å². The molecule has 0 aromatic carbocycles. The fourth-order valence-electron chi connectivity index (χ4n) is 2.63. The van der Waals surface area contributed by atoms with Crippen molar-refractivity contribution in [3.05, 3.63) is 0 Å². The van der Waals surface area contributed by atoms with Gasteiger partial charge in [0.05, 0.1) is 6.10 Å².